The zero-order valence-electron chi connectivity index (χ0n) is 12.8. The number of carbonyl (C=O) groups is 1. The lowest BCUT2D eigenvalue weighted by atomic mass is 9.99. The molecule has 0 aliphatic rings. The second kappa shape index (κ2) is 6.44. The van der Waals surface area contributed by atoms with E-state index in [4.69, 9.17) is 5.73 Å². The van der Waals surface area contributed by atoms with E-state index in [1.165, 1.54) is 11.1 Å². The van der Waals surface area contributed by atoms with Crippen molar-refractivity contribution in [3.8, 4) is 0 Å². The number of amides is 1. The van der Waals surface area contributed by atoms with Gasteiger partial charge in [-0.25, -0.2) is 0 Å². The number of anilines is 1. The molecule has 1 unspecified atom stereocenters. The van der Waals surface area contributed by atoms with Crippen molar-refractivity contribution < 1.29 is 4.79 Å². The third-order valence-electron chi connectivity index (χ3n) is 3.72. The summed E-state index contributed by atoms with van der Waals surface area (Å²) in [4.78, 5) is 12.2. The number of aryl methyl sites for hydroxylation is 2. The van der Waals surface area contributed by atoms with Crippen molar-refractivity contribution in [2.45, 2.75) is 26.7 Å². The Bertz CT molecular complexity index is 632. The van der Waals surface area contributed by atoms with E-state index < -0.39 is 0 Å². The lowest BCUT2D eigenvalue weighted by Gasteiger charge is -2.14. The monoisotopic (exact) mass is 282 g/mol. The van der Waals surface area contributed by atoms with E-state index in [0.29, 0.717) is 17.8 Å². The Morgan fingerprint density at radius 2 is 1.81 bits per heavy atom. The number of benzene rings is 2. The summed E-state index contributed by atoms with van der Waals surface area (Å²) in [5, 5.41) is 2.99. The Morgan fingerprint density at radius 3 is 2.48 bits per heavy atom. The van der Waals surface area contributed by atoms with Crippen LogP contribution in [-0.2, 0) is 0 Å². The summed E-state index contributed by atoms with van der Waals surface area (Å²) in [5.41, 5.74) is 10.4. The van der Waals surface area contributed by atoms with Crippen LogP contribution in [0, 0.1) is 13.8 Å². The molecule has 2 aromatic carbocycles. The van der Waals surface area contributed by atoms with Crippen LogP contribution in [0.2, 0.25) is 0 Å². The normalized spacial score (nSPS) is 12.0. The fourth-order valence-electron chi connectivity index (χ4n) is 2.24. The van der Waals surface area contributed by atoms with Gasteiger partial charge in [-0.3, -0.25) is 4.79 Å². The van der Waals surface area contributed by atoms with Gasteiger partial charge in [-0.1, -0.05) is 42.8 Å². The van der Waals surface area contributed by atoms with E-state index >= 15 is 0 Å². The summed E-state index contributed by atoms with van der Waals surface area (Å²) in [7, 11) is 0. The number of hydrogen-bond donors (Lipinski definition) is 2. The first-order chi connectivity index (χ1) is 9.97. The van der Waals surface area contributed by atoms with E-state index in [-0.39, 0.29) is 11.8 Å². The van der Waals surface area contributed by atoms with Gasteiger partial charge < -0.3 is 11.1 Å². The summed E-state index contributed by atoms with van der Waals surface area (Å²) >= 11 is 0. The first-order valence-corrected chi connectivity index (χ1v) is 7.18. The van der Waals surface area contributed by atoms with Crippen molar-refractivity contribution in [1.82, 2.24) is 5.32 Å². The van der Waals surface area contributed by atoms with E-state index in [2.05, 4.69) is 43.4 Å². The number of rotatable bonds is 4. The van der Waals surface area contributed by atoms with Crippen LogP contribution in [0.5, 0.6) is 0 Å². The molecule has 0 aliphatic carbocycles. The minimum atomic E-state index is -0.0706. The van der Waals surface area contributed by atoms with Crippen molar-refractivity contribution in [2.24, 2.45) is 0 Å². The van der Waals surface area contributed by atoms with Crippen LogP contribution in [0.25, 0.3) is 0 Å². The highest BCUT2D eigenvalue weighted by Crippen LogP contribution is 2.16. The van der Waals surface area contributed by atoms with Crippen LogP contribution >= 0.6 is 0 Å². The highest BCUT2D eigenvalue weighted by atomic mass is 16.1. The topological polar surface area (TPSA) is 55.1 Å². The summed E-state index contributed by atoms with van der Waals surface area (Å²) in [6.45, 7) is 6.70. The Kier molecular flexibility index (Phi) is 4.63. The maximum atomic E-state index is 12.2. The van der Waals surface area contributed by atoms with E-state index in [1.807, 2.05) is 13.0 Å². The first kappa shape index (κ1) is 15.1. The molecule has 0 fully saturated rings. The standard InChI is InChI=1S/C18H22N2O/c1-12-4-7-15(8-5-12)14(3)11-20-18(21)17-10-16(19)9-6-13(17)2/h4-10,14H,11,19H2,1-3H3,(H,20,21). The highest BCUT2D eigenvalue weighted by molar-refractivity contribution is 5.96. The molecule has 3 heteroatoms. The lowest BCUT2D eigenvalue weighted by molar-refractivity contribution is 0.0951. The Hall–Kier alpha value is -2.29. The highest BCUT2D eigenvalue weighted by Gasteiger charge is 2.11. The summed E-state index contributed by atoms with van der Waals surface area (Å²) in [6, 6.07) is 13.8. The molecule has 0 radical (unpaired) electrons. The molecule has 0 aliphatic heterocycles. The van der Waals surface area contributed by atoms with Gasteiger partial charge in [-0.05, 0) is 43.0 Å². The second-order valence-electron chi connectivity index (χ2n) is 5.60. The van der Waals surface area contributed by atoms with Crippen molar-refractivity contribution in [2.75, 3.05) is 12.3 Å². The minimum Gasteiger partial charge on any atom is -0.399 e. The Labute approximate surface area is 126 Å². The van der Waals surface area contributed by atoms with Gasteiger partial charge in [0.05, 0.1) is 0 Å². The smallest absolute Gasteiger partial charge is 0.251 e. The molecule has 2 aromatic rings. The van der Waals surface area contributed by atoms with E-state index in [0.717, 1.165) is 5.56 Å². The molecule has 0 saturated carbocycles. The summed E-state index contributed by atoms with van der Waals surface area (Å²) in [6.07, 6.45) is 0. The van der Waals surface area contributed by atoms with Crippen LogP contribution in [-0.4, -0.2) is 12.5 Å². The maximum absolute atomic E-state index is 12.2. The average Bonchev–Trinajstić information content (AvgIpc) is 2.47. The largest absolute Gasteiger partial charge is 0.399 e. The molecule has 2 rings (SSSR count). The molecule has 1 amide bonds. The predicted molar refractivity (Wildman–Crippen MR) is 87.5 cm³/mol. The van der Waals surface area contributed by atoms with Gasteiger partial charge in [-0.2, -0.15) is 0 Å². The Morgan fingerprint density at radius 1 is 1.14 bits per heavy atom. The molecule has 0 saturated heterocycles. The fraction of sp³-hybridized carbons (Fsp3) is 0.278. The zero-order chi connectivity index (χ0) is 15.4. The molecule has 0 heterocycles. The Balaban J connectivity index is 2.00. The molecule has 3 nitrogen and oxygen atoms in total. The molecular weight excluding hydrogens is 260 g/mol. The van der Waals surface area contributed by atoms with Crippen molar-refractivity contribution in [3.05, 3.63) is 64.7 Å². The van der Waals surface area contributed by atoms with Crippen LogP contribution in [0.15, 0.2) is 42.5 Å². The number of carbonyl (C=O) groups excluding carboxylic acids is 1. The van der Waals surface area contributed by atoms with Crippen LogP contribution < -0.4 is 11.1 Å². The zero-order valence-corrected chi connectivity index (χ0v) is 12.8. The van der Waals surface area contributed by atoms with Gasteiger partial charge in [0.15, 0.2) is 0 Å². The molecule has 0 aromatic heterocycles. The van der Waals surface area contributed by atoms with Crippen LogP contribution in [0.3, 0.4) is 0 Å². The lowest BCUT2D eigenvalue weighted by Crippen LogP contribution is -2.28. The summed E-state index contributed by atoms with van der Waals surface area (Å²) < 4.78 is 0. The van der Waals surface area contributed by atoms with Crippen molar-refractivity contribution >= 4 is 11.6 Å². The van der Waals surface area contributed by atoms with E-state index in [1.54, 1.807) is 12.1 Å². The third-order valence-corrected chi connectivity index (χ3v) is 3.72. The first-order valence-electron chi connectivity index (χ1n) is 7.18. The SMILES string of the molecule is Cc1ccc(C(C)CNC(=O)c2cc(N)ccc2C)cc1. The molecular formula is C18H22N2O. The van der Waals surface area contributed by atoms with Gasteiger partial charge in [0, 0.05) is 17.8 Å². The van der Waals surface area contributed by atoms with Crippen molar-refractivity contribution in [3.63, 3.8) is 0 Å². The van der Waals surface area contributed by atoms with Gasteiger partial charge in [-0.15, -0.1) is 0 Å². The average molecular weight is 282 g/mol. The minimum absolute atomic E-state index is 0.0706. The molecule has 3 N–H and O–H groups in total. The number of nitrogen functional groups attached to an aromatic ring is 1. The molecule has 1 atom stereocenters. The van der Waals surface area contributed by atoms with Crippen LogP contribution in [0.4, 0.5) is 5.69 Å². The van der Waals surface area contributed by atoms with E-state index in [9.17, 15) is 4.79 Å². The number of hydrogen-bond acceptors (Lipinski definition) is 2. The van der Waals surface area contributed by atoms with Gasteiger partial charge in [0.25, 0.3) is 5.91 Å². The predicted octanol–water partition coefficient (Wildman–Crippen LogP) is 3.42. The quantitative estimate of drug-likeness (QED) is 0.844. The van der Waals surface area contributed by atoms with Gasteiger partial charge >= 0.3 is 0 Å². The molecule has 0 bridgehead atoms. The van der Waals surface area contributed by atoms with Crippen molar-refractivity contribution in [1.29, 1.82) is 0 Å². The molecule has 21 heavy (non-hydrogen) atoms. The number of nitrogens with one attached hydrogen (secondary N) is 1. The summed E-state index contributed by atoms with van der Waals surface area (Å²) in [5.74, 6) is 0.203. The van der Waals surface area contributed by atoms with Crippen LogP contribution in [0.1, 0.15) is 39.9 Å². The maximum Gasteiger partial charge on any atom is 0.251 e. The number of nitrogens with two attached hydrogens (primary N) is 1. The van der Waals surface area contributed by atoms with Gasteiger partial charge in [0.1, 0.15) is 0 Å². The second-order valence-corrected chi connectivity index (χ2v) is 5.60. The third kappa shape index (κ3) is 3.85. The molecule has 0 spiro atoms. The fourth-order valence-corrected chi connectivity index (χ4v) is 2.24. The molecule has 110 valence electrons. The van der Waals surface area contributed by atoms with Gasteiger partial charge in [0.2, 0.25) is 0 Å².